The maximum Gasteiger partial charge on any atom is 0.252 e. The van der Waals surface area contributed by atoms with E-state index in [0.29, 0.717) is 0 Å². The fourth-order valence-corrected chi connectivity index (χ4v) is 12.5. The smallest absolute Gasteiger partial charge is 0.252 e. The van der Waals surface area contributed by atoms with Gasteiger partial charge in [-0.25, -0.2) is 0 Å². The summed E-state index contributed by atoms with van der Waals surface area (Å²) in [7, 11) is 0. The van der Waals surface area contributed by atoms with Crippen LogP contribution in [-0.4, -0.2) is 11.3 Å². The Labute approximate surface area is 468 Å². The monoisotopic (exact) mass is 1020 g/mol. The number of benzene rings is 10. The lowest BCUT2D eigenvalue weighted by Crippen LogP contribution is -2.61. The second-order valence-electron chi connectivity index (χ2n) is 25.3. The molecule has 0 spiro atoms. The number of fused-ring (bicyclic) bond motifs is 7. The minimum Gasteiger partial charge on any atom is -0.311 e. The average molecular weight is 1030 g/mol. The van der Waals surface area contributed by atoms with Crippen LogP contribution in [0.2, 0.25) is 0 Å². The SMILES string of the molecule is Cc1ccc2c(c1)c1cc(C)ccc1n2-c1cc2c3c(c1)N(c1ccc(C(C)(C)C)cc1)c1cc(-c4cccc(N(c5ccccc5)c5ccccc5)c4)ccc1B3c1cc(C(C)(C)C)ccc1N2c1ccc(C(C)(C)C)cc1. The van der Waals surface area contributed by atoms with Gasteiger partial charge in [0.1, 0.15) is 0 Å². The molecule has 5 heteroatoms. The Kier molecular flexibility index (Phi) is 11.7. The zero-order valence-corrected chi connectivity index (χ0v) is 47.7. The topological polar surface area (TPSA) is 14.7 Å². The van der Waals surface area contributed by atoms with E-state index in [9.17, 15) is 0 Å². The van der Waals surface area contributed by atoms with Gasteiger partial charge in [0.05, 0.1) is 16.7 Å². The second kappa shape index (κ2) is 18.6. The van der Waals surface area contributed by atoms with Crippen LogP contribution < -0.4 is 31.1 Å². The molecule has 0 amide bonds. The van der Waals surface area contributed by atoms with Gasteiger partial charge in [-0.15, -0.1) is 0 Å². The number of hydrogen-bond acceptors (Lipinski definition) is 3. The molecule has 0 saturated heterocycles. The van der Waals surface area contributed by atoms with Crippen LogP contribution in [0.25, 0.3) is 38.6 Å². The zero-order chi connectivity index (χ0) is 54.7. The number of para-hydroxylation sites is 2. The third-order valence-electron chi connectivity index (χ3n) is 16.7. The van der Waals surface area contributed by atoms with E-state index in [-0.39, 0.29) is 23.0 Å². The Morgan fingerprint density at radius 1 is 0.342 bits per heavy atom. The lowest BCUT2D eigenvalue weighted by Gasteiger charge is -2.45. The van der Waals surface area contributed by atoms with Gasteiger partial charge in [-0.3, -0.25) is 0 Å². The highest BCUT2D eigenvalue weighted by Gasteiger charge is 2.44. The zero-order valence-electron chi connectivity index (χ0n) is 47.7. The van der Waals surface area contributed by atoms with E-state index in [1.54, 1.807) is 0 Å². The molecular formula is C74H69BN4. The molecule has 388 valence electrons. The molecule has 0 saturated carbocycles. The predicted octanol–water partition coefficient (Wildman–Crippen LogP) is 18.5. The van der Waals surface area contributed by atoms with Crippen molar-refractivity contribution in [2.75, 3.05) is 14.7 Å². The molecule has 10 aromatic carbocycles. The van der Waals surface area contributed by atoms with E-state index >= 15 is 0 Å². The Bertz CT molecular complexity index is 4050. The largest absolute Gasteiger partial charge is 0.311 e. The molecule has 11 aromatic rings. The van der Waals surface area contributed by atoms with Crippen LogP contribution in [0.15, 0.2) is 218 Å². The van der Waals surface area contributed by atoms with Gasteiger partial charge >= 0.3 is 0 Å². The fourth-order valence-electron chi connectivity index (χ4n) is 12.5. The molecule has 0 unspecified atom stereocenters. The number of aryl methyl sites for hydroxylation is 2. The van der Waals surface area contributed by atoms with Gasteiger partial charge in [-0.1, -0.05) is 183 Å². The molecule has 1 aromatic heterocycles. The first-order valence-electron chi connectivity index (χ1n) is 28.2. The number of rotatable bonds is 7. The Morgan fingerprint density at radius 3 is 1.34 bits per heavy atom. The van der Waals surface area contributed by atoms with Crippen LogP contribution in [0.1, 0.15) is 90.1 Å². The van der Waals surface area contributed by atoms with E-state index in [2.05, 4.69) is 314 Å². The van der Waals surface area contributed by atoms with Crippen molar-refractivity contribution in [3.8, 4) is 16.8 Å². The van der Waals surface area contributed by atoms with Crippen LogP contribution in [0.3, 0.4) is 0 Å². The van der Waals surface area contributed by atoms with Crippen LogP contribution in [-0.2, 0) is 16.2 Å². The number of anilines is 9. The van der Waals surface area contributed by atoms with Crippen molar-refractivity contribution in [3.05, 3.63) is 246 Å². The maximum atomic E-state index is 2.59. The molecular weight excluding hydrogens is 956 g/mol. The minimum absolute atomic E-state index is 0.00740. The summed E-state index contributed by atoms with van der Waals surface area (Å²) in [5.74, 6) is 0. The summed E-state index contributed by atoms with van der Waals surface area (Å²) in [6.07, 6.45) is 0. The van der Waals surface area contributed by atoms with E-state index in [0.717, 1.165) is 45.3 Å². The number of aromatic nitrogens is 1. The summed E-state index contributed by atoms with van der Waals surface area (Å²) in [6, 6.07) is 82.9. The van der Waals surface area contributed by atoms with Crippen LogP contribution in [0.4, 0.5) is 51.2 Å². The van der Waals surface area contributed by atoms with Gasteiger partial charge in [0.2, 0.25) is 0 Å². The van der Waals surface area contributed by atoms with E-state index in [4.69, 9.17) is 0 Å². The molecule has 2 aliphatic rings. The normalized spacial score (nSPS) is 13.2. The maximum absolute atomic E-state index is 2.59. The summed E-state index contributed by atoms with van der Waals surface area (Å²) in [5.41, 5.74) is 26.4. The van der Waals surface area contributed by atoms with E-state index in [1.165, 1.54) is 88.8 Å². The van der Waals surface area contributed by atoms with Crippen molar-refractivity contribution >= 4 is 96.1 Å². The lowest BCUT2D eigenvalue weighted by molar-refractivity contribution is 0.590. The summed E-state index contributed by atoms with van der Waals surface area (Å²) >= 11 is 0. The van der Waals surface area contributed by atoms with Crippen LogP contribution in [0.5, 0.6) is 0 Å². The molecule has 2 aliphatic heterocycles. The summed E-state index contributed by atoms with van der Waals surface area (Å²) in [6.45, 7) is 25.2. The fraction of sp³-hybridized carbons (Fsp3) is 0.189. The highest BCUT2D eigenvalue weighted by Crippen LogP contribution is 2.48. The van der Waals surface area contributed by atoms with E-state index in [1.807, 2.05) is 0 Å². The van der Waals surface area contributed by atoms with E-state index < -0.39 is 0 Å². The third kappa shape index (κ3) is 8.62. The Hall–Kier alpha value is -8.54. The van der Waals surface area contributed by atoms with Gasteiger partial charge < -0.3 is 19.3 Å². The number of nitrogens with zero attached hydrogens (tertiary/aromatic N) is 4. The first-order valence-corrected chi connectivity index (χ1v) is 28.2. The molecule has 13 rings (SSSR count). The quantitative estimate of drug-likeness (QED) is 0.148. The highest BCUT2D eigenvalue weighted by molar-refractivity contribution is 7.00. The van der Waals surface area contributed by atoms with Crippen LogP contribution >= 0.6 is 0 Å². The van der Waals surface area contributed by atoms with Crippen molar-refractivity contribution in [1.29, 1.82) is 0 Å². The molecule has 0 N–H and O–H groups in total. The molecule has 79 heavy (non-hydrogen) atoms. The van der Waals surface area contributed by atoms with Gasteiger partial charge in [0, 0.05) is 62.0 Å². The molecule has 4 nitrogen and oxygen atoms in total. The summed E-state index contributed by atoms with van der Waals surface area (Å²) < 4.78 is 2.53. The summed E-state index contributed by atoms with van der Waals surface area (Å²) in [5, 5.41) is 2.53. The van der Waals surface area contributed by atoms with Crippen molar-refractivity contribution in [1.82, 2.24) is 4.57 Å². The Balaban J connectivity index is 1.12. The minimum atomic E-state index is -0.0744. The van der Waals surface area contributed by atoms with Crippen LogP contribution in [0, 0.1) is 13.8 Å². The average Bonchev–Trinajstić information content (AvgIpc) is 3.29. The van der Waals surface area contributed by atoms with Gasteiger partial charge in [-0.05, 0) is 183 Å². The van der Waals surface area contributed by atoms with Crippen molar-refractivity contribution in [2.45, 2.75) is 92.4 Å². The van der Waals surface area contributed by atoms with Gasteiger partial charge in [0.25, 0.3) is 6.71 Å². The van der Waals surface area contributed by atoms with Crippen molar-refractivity contribution in [3.63, 3.8) is 0 Å². The Morgan fingerprint density at radius 2 is 0.823 bits per heavy atom. The van der Waals surface area contributed by atoms with Gasteiger partial charge in [0.15, 0.2) is 0 Å². The summed E-state index contributed by atoms with van der Waals surface area (Å²) in [4.78, 5) is 7.53. The number of hydrogen-bond donors (Lipinski definition) is 0. The first kappa shape index (κ1) is 50.0. The first-order chi connectivity index (χ1) is 37.9. The molecule has 0 aliphatic carbocycles. The second-order valence-corrected chi connectivity index (χ2v) is 25.3. The highest BCUT2D eigenvalue weighted by atomic mass is 15.2. The lowest BCUT2D eigenvalue weighted by atomic mass is 9.33. The molecule has 0 bridgehead atoms. The third-order valence-corrected chi connectivity index (χ3v) is 16.7. The molecule has 0 atom stereocenters. The van der Waals surface area contributed by atoms with Gasteiger partial charge in [-0.2, -0.15) is 0 Å². The van der Waals surface area contributed by atoms with Crippen molar-refractivity contribution < 1.29 is 0 Å². The molecule has 3 heterocycles. The molecule has 0 radical (unpaired) electrons. The molecule has 0 fully saturated rings. The predicted molar refractivity (Wildman–Crippen MR) is 340 cm³/mol. The van der Waals surface area contributed by atoms with Crippen molar-refractivity contribution in [2.24, 2.45) is 0 Å². The standard InChI is InChI=1S/C74H69BN4/c1-48-25-38-65-61(41-48)62-42-49(2)26-39-66(62)79(65)60-46-69-71-70(47-60)78(58-35-30-53(31-36-58)73(6,7)8)68-44-51(50-19-18-24-59(43-50)76(55-20-14-12-15-21-55)56-22-16-13-17-23-56)27-37-63(68)75(71)64-45-54(74(9,10)11)32-40-67(64)77(69)57-33-28-52(29-34-57)72(3,4)5/h12-47H,1-11H3.